The lowest BCUT2D eigenvalue weighted by Gasteiger charge is -2.22. The molecule has 0 aromatic heterocycles. The van der Waals surface area contributed by atoms with E-state index in [1.807, 2.05) is 23.2 Å². The minimum Gasteiger partial charge on any atom is -0.497 e. The maximum atomic E-state index is 5.73. The standard InChI is InChI=1S/C17H20BNO3/c1-12-4-6-16(19-18-8-9-22-19)14(10-12)15-11-13(20-2)5-7-17(15)21-3/h4-7,10-11,18H,8-9H2,1-3H3. The molecule has 0 radical (unpaired) electrons. The molecule has 0 atom stereocenters. The quantitative estimate of drug-likeness (QED) is 0.811. The monoisotopic (exact) mass is 297 g/mol. The van der Waals surface area contributed by atoms with Crippen LogP contribution in [0.3, 0.4) is 0 Å². The Balaban J connectivity index is 2.16. The van der Waals surface area contributed by atoms with Crippen LogP contribution in [0.4, 0.5) is 5.69 Å². The van der Waals surface area contributed by atoms with E-state index in [9.17, 15) is 0 Å². The summed E-state index contributed by atoms with van der Waals surface area (Å²) >= 11 is 0. The van der Waals surface area contributed by atoms with E-state index in [0.29, 0.717) is 0 Å². The van der Waals surface area contributed by atoms with Gasteiger partial charge in [0.1, 0.15) is 11.5 Å². The molecular formula is C17H20BNO3. The molecule has 1 aliphatic heterocycles. The van der Waals surface area contributed by atoms with E-state index in [1.165, 1.54) is 5.56 Å². The third kappa shape index (κ3) is 2.77. The van der Waals surface area contributed by atoms with Crippen molar-refractivity contribution in [1.82, 2.24) is 0 Å². The van der Waals surface area contributed by atoms with Crippen molar-refractivity contribution >= 4 is 13.1 Å². The van der Waals surface area contributed by atoms with Crippen molar-refractivity contribution < 1.29 is 14.3 Å². The largest absolute Gasteiger partial charge is 0.497 e. The Morgan fingerprint density at radius 1 is 1.05 bits per heavy atom. The van der Waals surface area contributed by atoms with Crippen molar-refractivity contribution in [2.24, 2.45) is 0 Å². The van der Waals surface area contributed by atoms with Gasteiger partial charge in [-0.1, -0.05) is 11.6 Å². The fourth-order valence-corrected chi connectivity index (χ4v) is 2.75. The van der Waals surface area contributed by atoms with Crippen molar-refractivity contribution in [1.29, 1.82) is 0 Å². The van der Waals surface area contributed by atoms with Crippen LogP contribution in [0.5, 0.6) is 11.5 Å². The zero-order valence-corrected chi connectivity index (χ0v) is 13.3. The summed E-state index contributed by atoms with van der Waals surface area (Å²) in [6.07, 6.45) is 1.04. The molecule has 2 aromatic rings. The molecule has 0 saturated carbocycles. The summed E-state index contributed by atoms with van der Waals surface area (Å²) in [6.45, 7) is 2.85. The van der Waals surface area contributed by atoms with Gasteiger partial charge in [-0.3, -0.25) is 4.84 Å². The number of ether oxygens (including phenoxy) is 2. The van der Waals surface area contributed by atoms with Crippen LogP contribution in [0, 0.1) is 6.92 Å². The van der Waals surface area contributed by atoms with Crippen molar-refractivity contribution in [2.75, 3.05) is 25.8 Å². The molecule has 0 bridgehead atoms. The molecule has 114 valence electrons. The van der Waals surface area contributed by atoms with E-state index in [0.717, 1.165) is 48.7 Å². The molecule has 0 unspecified atom stereocenters. The number of hydrogen-bond donors (Lipinski definition) is 0. The molecule has 0 spiro atoms. The highest BCUT2D eigenvalue weighted by atomic mass is 16.7. The maximum absolute atomic E-state index is 5.73. The van der Waals surface area contributed by atoms with Crippen molar-refractivity contribution in [3.63, 3.8) is 0 Å². The van der Waals surface area contributed by atoms with Gasteiger partial charge in [0.15, 0.2) is 0 Å². The average molecular weight is 297 g/mol. The van der Waals surface area contributed by atoms with Crippen LogP contribution in [0.2, 0.25) is 6.32 Å². The molecule has 1 saturated heterocycles. The van der Waals surface area contributed by atoms with Crippen LogP contribution < -0.4 is 14.4 Å². The summed E-state index contributed by atoms with van der Waals surface area (Å²) in [5, 5.41) is 0. The second kappa shape index (κ2) is 6.32. The molecule has 1 aliphatic rings. The van der Waals surface area contributed by atoms with E-state index < -0.39 is 0 Å². The van der Waals surface area contributed by atoms with E-state index in [2.05, 4.69) is 25.1 Å². The second-order valence-electron chi connectivity index (χ2n) is 5.38. The lowest BCUT2D eigenvalue weighted by molar-refractivity contribution is 0.185. The SMILES string of the molecule is COc1ccc(OC)c(-c2cc(C)ccc2N2BCCO2)c1. The number of hydrogen-bond acceptors (Lipinski definition) is 4. The van der Waals surface area contributed by atoms with Gasteiger partial charge in [-0.15, -0.1) is 0 Å². The van der Waals surface area contributed by atoms with Crippen molar-refractivity contribution in [3.8, 4) is 22.6 Å². The Hall–Kier alpha value is -2.14. The average Bonchev–Trinajstić information content (AvgIpc) is 3.08. The number of rotatable bonds is 4. The van der Waals surface area contributed by atoms with Gasteiger partial charge in [-0.25, -0.2) is 0 Å². The van der Waals surface area contributed by atoms with Crippen LogP contribution in [0.1, 0.15) is 5.56 Å². The van der Waals surface area contributed by atoms with E-state index in [1.54, 1.807) is 14.2 Å². The van der Waals surface area contributed by atoms with Crippen molar-refractivity contribution in [2.45, 2.75) is 13.2 Å². The normalized spacial score (nSPS) is 13.9. The number of anilines is 1. The van der Waals surface area contributed by atoms with Gasteiger partial charge < -0.3 is 14.4 Å². The Bertz CT molecular complexity index is 669. The lowest BCUT2D eigenvalue weighted by Crippen LogP contribution is -2.20. The number of nitrogens with zero attached hydrogens (tertiary/aromatic N) is 1. The Morgan fingerprint density at radius 2 is 1.91 bits per heavy atom. The fourth-order valence-electron chi connectivity index (χ4n) is 2.75. The van der Waals surface area contributed by atoms with Crippen molar-refractivity contribution in [3.05, 3.63) is 42.0 Å². The summed E-state index contributed by atoms with van der Waals surface area (Å²) in [5.74, 6) is 1.64. The van der Waals surface area contributed by atoms with E-state index in [-0.39, 0.29) is 0 Å². The van der Waals surface area contributed by atoms with Crippen LogP contribution in [0.15, 0.2) is 36.4 Å². The minimum atomic E-state index is 0.766. The topological polar surface area (TPSA) is 30.9 Å². The van der Waals surface area contributed by atoms with Gasteiger partial charge in [0.2, 0.25) is 0 Å². The Kier molecular flexibility index (Phi) is 4.25. The summed E-state index contributed by atoms with van der Waals surface area (Å²) in [4.78, 5) is 7.70. The summed E-state index contributed by atoms with van der Waals surface area (Å²) in [6, 6.07) is 12.2. The summed E-state index contributed by atoms with van der Waals surface area (Å²) < 4.78 is 10.9. The smallest absolute Gasteiger partial charge is 0.275 e. The molecule has 4 nitrogen and oxygen atoms in total. The molecule has 5 heteroatoms. The molecule has 0 aliphatic carbocycles. The highest BCUT2D eigenvalue weighted by molar-refractivity contribution is 6.41. The van der Waals surface area contributed by atoms with Crippen LogP contribution in [-0.4, -0.2) is 28.2 Å². The summed E-state index contributed by atoms with van der Waals surface area (Å²) in [7, 11) is 4.27. The highest BCUT2D eigenvalue weighted by Crippen LogP contribution is 2.40. The fraction of sp³-hybridized carbons (Fsp3) is 0.294. The molecule has 1 heterocycles. The van der Waals surface area contributed by atoms with Crippen LogP contribution in [-0.2, 0) is 4.84 Å². The number of benzene rings is 2. The predicted octanol–water partition coefficient (Wildman–Crippen LogP) is 3.20. The molecule has 2 aromatic carbocycles. The molecular weight excluding hydrogens is 277 g/mol. The first kappa shape index (κ1) is 14.8. The maximum Gasteiger partial charge on any atom is 0.275 e. The lowest BCUT2D eigenvalue weighted by atomic mass is 9.88. The first-order valence-corrected chi connectivity index (χ1v) is 7.46. The van der Waals surface area contributed by atoms with E-state index in [4.69, 9.17) is 14.3 Å². The third-order valence-corrected chi connectivity index (χ3v) is 3.87. The summed E-state index contributed by atoms with van der Waals surface area (Å²) in [5.41, 5.74) is 4.37. The minimum absolute atomic E-state index is 0.766. The van der Waals surface area contributed by atoms with Crippen LogP contribution in [0.25, 0.3) is 11.1 Å². The zero-order valence-electron chi connectivity index (χ0n) is 13.3. The number of aryl methyl sites for hydroxylation is 1. The zero-order chi connectivity index (χ0) is 15.5. The second-order valence-corrected chi connectivity index (χ2v) is 5.38. The van der Waals surface area contributed by atoms with Gasteiger partial charge in [0.05, 0.1) is 26.5 Å². The molecule has 0 amide bonds. The van der Waals surface area contributed by atoms with Gasteiger partial charge in [-0.05, 0) is 43.6 Å². The van der Waals surface area contributed by atoms with E-state index >= 15 is 0 Å². The number of methoxy groups -OCH3 is 2. The van der Waals surface area contributed by atoms with Gasteiger partial charge in [-0.2, -0.15) is 0 Å². The first-order valence-electron chi connectivity index (χ1n) is 7.46. The van der Waals surface area contributed by atoms with Gasteiger partial charge in [0, 0.05) is 11.1 Å². The molecule has 1 fully saturated rings. The Labute approximate surface area is 131 Å². The molecule has 0 N–H and O–H groups in total. The molecule has 22 heavy (non-hydrogen) atoms. The predicted molar refractivity (Wildman–Crippen MR) is 90.1 cm³/mol. The Morgan fingerprint density at radius 3 is 2.59 bits per heavy atom. The van der Waals surface area contributed by atoms with Crippen LogP contribution >= 0.6 is 0 Å². The third-order valence-electron chi connectivity index (χ3n) is 3.87. The van der Waals surface area contributed by atoms with Gasteiger partial charge in [0.25, 0.3) is 7.41 Å². The van der Waals surface area contributed by atoms with Gasteiger partial charge >= 0.3 is 0 Å². The molecule has 3 rings (SSSR count). The first-order chi connectivity index (χ1) is 10.7. The highest BCUT2D eigenvalue weighted by Gasteiger charge is 2.21.